The van der Waals surface area contributed by atoms with Gasteiger partial charge in [0.05, 0.1) is 11.9 Å². The highest BCUT2D eigenvalue weighted by molar-refractivity contribution is 5.88. The molecule has 8 heteroatoms. The van der Waals surface area contributed by atoms with Gasteiger partial charge in [0.2, 0.25) is 0 Å². The van der Waals surface area contributed by atoms with Crippen LogP contribution in [-0.2, 0) is 6.42 Å². The number of alkyl halides is 3. The Morgan fingerprint density at radius 2 is 1.87 bits per heavy atom. The quantitative estimate of drug-likeness (QED) is 0.798. The van der Waals surface area contributed by atoms with Gasteiger partial charge in [0, 0.05) is 12.1 Å². The third kappa shape index (κ3) is 5.02. The Balaban J connectivity index is 1.94. The fraction of sp³-hybridized carbons (Fsp3) is 0.533. The molecule has 0 aliphatic heterocycles. The van der Waals surface area contributed by atoms with Crippen molar-refractivity contribution in [3.05, 3.63) is 23.1 Å². The summed E-state index contributed by atoms with van der Waals surface area (Å²) in [6.07, 6.45) is -2.32. The zero-order valence-electron chi connectivity index (χ0n) is 13.2. The molecule has 2 aromatic rings. The predicted octanol–water partition coefficient (Wildman–Crippen LogP) is 2.70. The van der Waals surface area contributed by atoms with Crippen LogP contribution >= 0.6 is 0 Å². The third-order valence-corrected chi connectivity index (χ3v) is 3.40. The van der Waals surface area contributed by atoms with Crippen LogP contribution in [0.15, 0.2) is 6.07 Å². The van der Waals surface area contributed by atoms with Crippen LogP contribution in [0.25, 0.3) is 11.0 Å². The van der Waals surface area contributed by atoms with E-state index < -0.39 is 12.7 Å². The van der Waals surface area contributed by atoms with E-state index in [1.54, 1.807) is 0 Å². The summed E-state index contributed by atoms with van der Waals surface area (Å²) in [6.45, 7) is 3.16. The molecular formula is C15H20F3N5. The summed E-state index contributed by atoms with van der Waals surface area (Å²) < 4.78 is 36.0. The number of unbranched alkanes of at least 4 members (excludes halogenated alkanes) is 1. The van der Waals surface area contributed by atoms with Crippen molar-refractivity contribution < 1.29 is 13.2 Å². The number of nitrogen functional groups attached to an aromatic ring is 1. The van der Waals surface area contributed by atoms with Crippen molar-refractivity contribution in [3.63, 3.8) is 0 Å². The Hall–Kier alpha value is -1.96. The number of nitrogens with two attached hydrogens (primary N) is 1. The highest BCUT2D eigenvalue weighted by Gasteiger charge is 2.25. The van der Waals surface area contributed by atoms with E-state index in [0.717, 1.165) is 16.6 Å². The molecule has 0 radical (unpaired) electrons. The Bertz CT molecular complexity index is 685. The molecule has 23 heavy (non-hydrogen) atoms. The van der Waals surface area contributed by atoms with Crippen LogP contribution in [0, 0.1) is 13.8 Å². The minimum absolute atomic E-state index is 0.305. The number of nitrogens with zero attached hydrogens (tertiary/aromatic N) is 3. The second-order valence-corrected chi connectivity index (χ2v) is 5.55. The van der Waals surface area contributed by atoms with E-state index in [2.05, 4.69) is 20.3 Å². The Labute approximate surface area is 132 Å². The molecule has 0 spiro atoms. The highest BCUT2D eigenvalue weighted by atomic mass is 19.4. The van der Waals surface area contributed by atoms with Crippen LogP contribution in [-0.4, -0.2) is 34.2 Å². The highest BCUT2D eigenvalue weighted by Crippen LogP contribution is 2.21. The first kappa shape index (κ1) is 17.4. The number of halogens is 3. The number of fused-ring (bicyclic) bond motifs is 1. The summed E-state index contributed by atoms with van der Waals surface area (Å²) in [4.78, 5) is 13.1. The molecule has 0 saturated heterocycles. The Morgan fingerprint density at radius 1 is 1.13 bits per heavy atom. The smallest absolute Gasteiger partial charge is 0.383 e. The number of pyridine rings is 1. The third-order valence-electron chi connectivity index (χ3n) is 3.40. The van der Waals surface area contributed by atoms with Crippen molar-refractivity contribution in [3.8, 4) is 0 Å². The molecule has 0 atom stereocenters. The lowest BCUT2D eigenvalue weighted by Crippen LogP contribution is -2.29. The molecule has 2 aromatic heterocycles. The van der Waals surface area contributed by atoms with Crippen molar-refractivity contribution in [1.82, 2.24) is 20.3 Å². The number of anilines is 1. The largest absolute Gasteiger partial charge is 0.401 e. The first-order valence-corrected chi connectivity index (χ1v) is 7.44. The molecule has 2 heterocycles. The fourth-order valence-corrected chi connectivity index (χ4v) is 2.43. The Morgan fingerprint density at radius 3 is 2.57 bits per heavy atom. The number of aromatic nitrogens is 3. The van der Waals surface area contributed by atoms with Crippen LogP contribution in [0.1, 0.15) is 29.9 Å². The van der Waals surface area contributed by atoms with Crippen LogP contribution in [0.4, 0.5) is 19.0 Å². The lowest BCUT2D eigenvalue weighted by Gasteiger charge is -2.09. The van der Waals surface area contributed by atoms with Crippen LogP contribution < -0.4 is 11.1 Å². The molecule has 3 N–H and O–H groups in total. The molecule has 2 rings (SSSR count). The SMILES string of the molecule is Cc1cc(C)c2c(N)nc(CCCCNCC(F)(F)F)nc2n1. The van der Waals surface area contributed by atoms with E-state index in [9.17, 15) is 13.2 Å². The van der Waals surface area contributed by atoms with Gasteiger partial charge in [-0.3, -0.25) is 0 Å². The van der Waals surface area contributed by atoms with Crippen molar-refractivity contribution in [1.29, 1.82) is 0 Å². The molecule has 126 valence electrons. The maximum Gasteiger partial charge on any atom is 0.401 e. The normalized spacial score (nSPS) is 12.0. The first-order valence-electron chi connectivity index (χ1n) is 7.44. The van der Waals surface area contributed by atoms with Crippen molar-refractivity contribution in [2.75, 3.05) is 18.8 Å². The number of hydrogen-bond acceptors (Lipinski definition) is 5. The monoisotopic (exact) mass is 327 g/mol. The number of rotatable bonds is 6. The van der Waals surface area contributed by atoms with E-state index in [1.807, 2.05) is 19.9 Å². The summed E-state index contributed by atoms with van der Waals surface area (Å²) in [5.41, 5.74) is 8.39. The van der Waals surface area contributed by atoms with Gasteiger partial charge in [-0.15, -0.1) is 0 Å². The van der Waals surface area contributed by atoms with Crippen molar-refractivity contribution in [2.24, 2.45) is 0 Å². The lowest BCUT2D eigenvalue weighted by atomic mass is 10.1. The summed E-state index contributed by atoms with van der Waals surface area (Å²) in [5, 5.41) is 3.12. The number of nitrogens with one attached hydrogen (secondary N) is 1. The molecule has 0 aliphatic rings. The van der Waals surface area contributed by atoms with Crippen molar-refractivity contribution in [2.45, 2.75) is 39.3 Å². The average molecular weight is 327 g/mol. The number of aryl methyl sites for hydroxylation is 3. The minimum Gasteiger partial charge on any atom is -0.383 e. The van der Waals surface area contributed by atoms with Crippen LogP contribution in [0.2, 0.25) is 0 Å². The molecular weight excluding hydrogens is 307 g/mol. The maximum absolute atomic E-state index is 12.0. The standard InChI is InChI=1S/C15H20F3N5/c1-9-7-10(2)21-14-12(9)13(19)22-11(23-14)5-3-4-6-20-8-15(16,17)18/h7,20H,3-6,8H2,1-2H3,(H2,19,21,22,23). The van der Waals surface area contributed by atoms with Gasteiger partial charge in [-0.25, -0.2) is 15.0 Å². The van der Waals surface area contributed by atoms with Gasteiger partial charge < -0.3 is 11.1 Å². The van der Waals surface area contributed by atoms with E-state index in [-0.39, 0.29) is 0 Å². The molecule has 0 saturated carbocycles. The van der Waals surface area contributed by atoms with Crippen LogP contribution in [0.3, 0.4) is 0 Å². The molecule has 0 aromatic carbocycles. The van der Waals surface area contributed by atoms with Gasteiger partial charge in [-0.1, -0.05) is 0 Å². The van der Waals surface area contributed by atoms with Crippen molar-refractivity contribution >= 4 is 16.9 Å². The van der Waals surface area contributed by atoms with Gasteiger partial charge in [-0.2, -0.15) is 13.2 Å². The topological polar surface area (TPSA) is 76.7 Å². The summed E-state index contributed by atoms with van der Waals surface area (Å²) in [5.74, 6) is 0.966. The van der Waals surface area contributed by atoms with E-state index >= 15 is 0 Å². The molecule has 0 bridgehead atoms. The second kappa shape index (κ2) is 7.08. The molecule has 0 fully saturated rings. The van der Waals surface area contributed by atoms with E-state index in [4.69, 9.17) is 5.73 Å². The molecule has 0 aliphatic carbocycles. The molecule has 0 unspecified atom stereocenters. The van der Waals surface area contributed by atoms with Gasteiger partial charge in [-0.05, 0) is 44.9 Å². The maximum atomic E-state index is 12.0. The summed E-state index contributed by atoms with van der Waals surface area (Å²) in [6, 6.07) is 1.92. The number of hydrogen-bond donors (Lipinski definition) is 2. The summed E-state index contributed by atoms with van der Waals surface area (Å²) in [7, 11) is 0. The van der Waals surface area contributed by atoms with E-state index in [0.29, 0.717) is 43.1 Å². The molecule has 0 amide bonds. The average Bonchev–Trinajstić information content (AvgIpc) is 2.40. The van der Waals surface area contributed by atoms with Gasteiger partial charge >= 0.3 is 6.18 Å². The van der Waals surface area contributed by atoms with Gasteiger partial charge in [0.15, 0.2) is 5.65 Å². The summed E-state index contributed by atoms with van der Waals surface area (Å²) >= 11 is 0. The second-order valence-electron chi connectivity index (χ2n) is 5.55. The predicted molar refractivity (Wildman–Crippen MR) is 83.1 cm³/mol. The zero-order chi connectivity index (χ0) is 17.0. The van der Waals surface area contributed by atoms with E-state index in [1.165, 1.54) is 0 Å². The zero-order valence-corrected chi connectivity index (χ0v) is 13.2. The lowest BCUT2D eigenvalue weighted by molar-refractivity contribution is -0.124. The van der Waals surface area contributed by atoms with Crippen LogP contribution in [0.5, 0.6) is 0 Å². The van der Waals surface area contributed by atoms with Gasteiger partial charge in [0.1, 0.15) is 11.6 Å². The minimum atomic E-state index is -4.17. The Kier molecular flexibility index (Phi) is 5.35. The fourth-order valence-electron chi connectivity index (χ4n) is 2.43. The van der Waals surface area contributed by atoms with Gasteiger partial charge in [0.25, 0.3) is 0 Å². The molecule has 5 nitrogen and oxygen atoms in total. The first-order chi connectivity index (χ1) is 10.8.